The summed E-state index contributed by atoms with van der Waals surface area (Å²) in [6, 6.07) is 6.34. The fourth-order valence-corrected chi connectivity index (χ4v) is 3.53. The molecule has 7 heteroatoms. The molecule has 1 aromatic carbocycles. The van der Waals surface area contributed by atoms with Crippen LogP contribution in [0.5, 0.6) is 11.5 Å². The summed E-state index contributed by atoms with van der Waals surface area (Å²) in [4.78, 5) is 14.9. The molecule has 1 aromatic rings. The van der Waals surface area contributed by atoms with Gasteiger partial charge in [-0.3, -0.25) is 9.69 Å². The summed E-state index contributed by atoms with van der Waals surface area (Å²) in [5, 5.41) is 6.58. The van der Waals surface area contributed by atoms with Crippen LogP contribution in [0.2, 0.25) is 0 Å². The molecular weight excluding hydrogens is 366 g/mol. The zero-order chi connectivity index (χ0) is 18.5. The fourth-order valence-electron chi connectivity index (χ4n) is 3.53. The number of halogens is 1. The smallest absolute Gasteiger partial charge is 0.234 e. The Morgan fingerprint density at radius 3 is 2.74 bits per heavy atom. The van der Waals surface area contributed by atoms with E-state index in [-0.39, 0.29) is 30.3 Å². The van der Waals surface area contributed by atoms with Crippen molar-refractivity contribution in [2.45, 2.75) is 39.3 Å². The van der Waals surface area contributed by atoms with Crippen LogP contribution in [0.1, 0.15) is 38.8 Å². The van der Waals surface area contributed by atoms with Gasteiger partial charge < -0.3 is 20.1 Å². The van der Waals surface area contributed by atoms with Crippen molar-refractivity contribution in [1.82, 2.24) is 15.5 Å². The molecule has 1 saturated heterocycles. The Hall–Kier alpha value is -1.50. The Balaban J connectivity index is 0.00000261. The molecule has 0 spiro atoms. The quantitative estimate of drug-likeness (QED) is 0.798. The number of rotatable bonds is 5. The van der Waals surface area contributed by atoms with E-state index in [0.717, 1.165) is 43.1 Å². The maximum Gasteiger partial charge on any atom is 0.234 e. The van der Waals surface area contributed by atoms with Crippen molar-refractivity contribution >= 4 is 18.3 Å². The third kappa shape index (κ3) is 5.74. The van der Waals surface area contributed by atoms with Crippen molar-refractivity contribution in [3.8, 4) is 11.5 Å². The molecule has 1 amide bonds. The van der Waals surface area contributed by atoms with Gasteiger partial charge in [-0.1, -0.05) is 19.9 Å². The van der Waals surface area contributed by atoms with Crippen molar-refractivity contribution < 1.29 is 14.3 Å². The Morgan fingerprint density at radius 2 is 2.04 bits per heavy atom. The number of piperazine rings is 1. The number of hydrogen-bond donors (Lipinski definition) is 2. The first-order valence-electron chi connectivity index (χ1n) is 9.68. The third-order valence-corrected chi connectivity index (χ3v) is 5.10. The molecule has 2 aliphatic rings. The Kier molecular flexibility index (Phi) is 8.20. The number of carbonyl (C=O) groups is 1. The van der Waals surface area contributed by atoms with Gasteiger partial charge in [0.15, 0.2) is 11.5 Å². The molecule has 0 bridgehead atoms. The standard InChI is InChI=1S/C20H31N3O3.ClH/c1-14(2)20(22-19(24)13-23-8-7-21-12-15(23)3)16-5-6-17-18(11-16)26-10-4-9-25-17;/h5-6,11,14-15,20-21H,4,7-10,12-13H2,1-3H3,(H,22,24);1H/t15-,20?;/m1./s1. The molecule has 1 unspecified atom stereocenters. The molecule has 27 heavy (non-hydrogen) atoms. The van der Waals surface area contributed by atoms with E-state index < -0.39 is 0 Å². The molecule has 2 N–H and O–H groups in total. The van der Waals surface area contributed by atoms with E-state index in [4.69, 9.17) is 9.47 Å². The summed E-state index contributed by atoms with van der Waals surface area (Å²) in [5.41, 5.74) is 1.06. The highest BCUT2D eigenvalue weighted by atomic mass is 35.5. The van der Waals surface area contributed by atoms with Crippen LogP contribution in [-0.4, -0.2) is 56.2 Å². The van der Waals surface area contributed by atoms with Gasteiger partial charge in [-0.2, -0.15) is 0 Å². The molecule has 2 aliphatic heterocycles. The number of hydrogen-bond acceptors (Lipinski definition) is 5. The lowest BCUT2D eigenvalue weighted by Crippen LogP contribution is -2.53. The monoisotopic (exact) mass is 397 g/mol. The minimum Gasteiger partial charge on any atom is -0.490 e. The summed E-state index contributed by atoms with van der Waals surface area (Å²) in [6.07, 6.45) is 0.886. The van der Waals surface area contributed by atoms with Crippen LogP contribution in [0.4, 0.5) is 0 Å². The van der Waals surface area contributed by atoms with E-state index in [1.165, 1.54) is 0 Å². The van der Waals surface area contributed by atoms with Gasteiger partial charge in [0.1, 0.15) is 0 Å². The number of nitrogens with zero attached hydrogens (tertiary/aromatic N) is 1. The lowest BCUT2D eigenvalue weighted by atomic mass is 9.95. The third-order valence-electron chi connectivity index (χ3n) is 5.10. The van der Waals surface area contributed by atoms with Crippen LogP contribution >= 0.6 is 12.4 Å². The van der Waals surface area contributed by atoms with Crippen molar-refractivity contribution in [3.05, 3.63) is 23.8 Å². The average molecular weight is 398 g/mol. The number of carbonyl (C=O) groups excluding carboxylic acids is 1. The molecule has 2 atom stereocenters. The van der Waals surface area contributed by atoms with Gasteiger partial charge in [0.25, 0.3) is 0 Å². The normalized spacial score (nSPS) is 21.1. The van der Waals surface area contributed by atoms with E-state index in [2.05, 4.69) is 36.3 Å². The topological polar surface area (TPSA) is 62.8 Å². The summed E-state index contributed by atoms with van der Waals surface area (Å²) >= 11 is 0. The zero-order valence-electron chi connectivity index (χ0n) is 16.5. The highest BCUT2D eigenvalue weighted by molar-refractivity contribution is 5.85. The summed E-state index contributed by atoms with van der Waals surface area (Å²) in [7, 11) is 0. The number of benzene rings is 1. The maximum absolute atomic E-state index is 12.7. The highest BCUT2D eigenvalue weighted by Crippen LogP contribution is 2.34. The van der Waals surface area contributed by atoms with E-state index in [1.54, 1.807) is 0 Å². The first-order chi connectivity index (χ1) is 12.5. The van der Waals surface area contributed by atoms with Crippen molar-refractivity contribution in [1.29, 1.82) is 0 Å². The molecule has 0 aromatic heterocycles. The summed E-state index contributed by atoms with van der Waals surface area (Å²) in [6.45, 7) is 11.0. The first-order valence-corrected chi connectivity index (χ1v) is 9.68. The predicted octanol–water partition coefficient (Wildman–Crippen LogP) is 2.38. The van der Waals surface area contributed by atoms with Gasteiger partial charge >= 0.3 is 0 Å². The molecule has 0 saturated carbocycles. The first kappa shape index (κ1) is 21.8. The van der Waals surface area contributed by atoms with Crippen LogP contribution in [0.15, 0.2) is 18.2 Å². The molecule has 3 rings (SSSR count). The van der Waals surface area contributed by atoms with Gasteiger partial charge in [0.2, 0.25) is 5.91 Å². The average Bonchev–Trinajstić information content (AvgIpc) is 2.86. The van der Waals surface area contributed by atoms with E-state index in [9.17, 15) is 4.79 Å². The van der Waals surface area contributed by atoms with E-state index in [0.29, 0.717) is 25.8 Å². The number of ether oxygens (including phenoxy) is 2. The SMILES string of the molecule is CC(C)C(NC(=O)CN1CCNC[C@H]1C)c1ccc2c(c1)OCCCO2.Cl. The Morgan fingerprint density at radius 1 is 1.30 bits per heavy atom. The summed E-state index contributed by atoms with van der Waals surface area (Å²) in [5.74, 6) is 1.92. The number of fused-ring (bicyclic) bond motifs is 1. The van der Waals surface area contributed by atoms with Gasteiger partial charge in [-0.25, -0.2) is 0 Å². The molecule has 6 nitrogen and oxygen atoms in total. The summed E-state index contributed by atoms with van der Waals surface area (Å²) < 4.78 is 11.5. The van der Waals surface area contributed by atoms with Crippen molar-refractivity contribution in [2.24, 2.45) is 5.92 Å². The van der Waals surface area contributed by atoms with Gasteiger partial charge in [0, 0.05) is 32.1 Å². The predicted molar refractivity (Wildman–Crippen MR) is 109 cm³/mol. The Bertz CT molecular complexity index is 626. The van der Waals surface area contributed by atoms with Crippen molar-refractivity contribution in [3.63, 3.8) is 0 Å². The fraction of sp³-hybridized carbons (Fsp3) is 0.650. The number of nitrogens with one attached hydrogen (secondary N) is 2. The minimum atomic E-state index is -0.0436. The number of amides is 1. The van der Waals surface area contributed by atoms with Crippen LogP contribution in [0.3, 0.4) is 0 Å². The van der Waals surface area contributed by atoms with Crippen molar-refractivity contribution in [2.75, 3.05) is 39.4 Å². The second-order valence-corrected chi connectivity index (χ2v) is 7.57. The molecule has 0 radical (unpaired) electrons. The largest absolute Gasteiger partial charge is 0.490 e. The van der Waals surface area contributed by atoms with Crippen LogP contribution in [0.25, 0.3) is 0 Å². The van der Waals surface area contributed by atoms with E-state index >= 15 is 0 Å². The molecule has 2 heterocycles. The lowest BCUT2D eigenvalue weighted by Gasteiger charge is -2.34. The minimum absolute atomic E-state index is 0. The second kappa shape index (κ2) is 10.2. The highest BCUT2D eigenvalue weighted by Gasteiger charge is 2.24. The Labute approximate surface area is 168 Å². The molecule has 152 valence electrons. The zero-order valence-corrected chi connectivity index (χ0v) is 17.3. The van der Waals surface area contributed by atoms with E-state index in [1.807, 2.05) is 18.2 Å². The second-order valence-electron chi connectivity index (χ2n) is 7.57. The van der Waals surface area contributed by atoms with Crippen LogP contribution in [-0.2, 0) is 4.79 Å². The van der Waals surface area contributed by atoms with Gasteiger partial charge in [-0.15, -0.1) is 12.4 Å². The van der Waals surface area contributed by atoms with Gasteiger partial charge in [0.05, 0.1) is 25.8 Å². The van der Waals surface area contributed by atoms with Crippen LogP contribution < -0.4 is 20.1 Å². The van der Waals surface area contributed by atoms with Gasteiger partial charge in [-0.05, 0) is 30.5 Å². The maximum atomic E-state index is 12.7. The molecule has 1 fully saturated rings. The van der Waals surface area contributed by atoms with Crippen LogP contribution in [0, 0.1) is 5.92 Å². The molecule has 0 aliphatic carbocycles. The lowest BCUT2D eigenvalue weighted by molar-refractivity contribution is -0.124. The molecular formula is C20H32ClN3O3.